The van der Waals surface area contributed by atoms with Crippen LogP contribution in [-0.4, -0.2) is 51.8 Å². The highest BCUT2D eigenvalue weighted by molar-refractivity contribution is 6.68. The average Bonchev–Trinajstić information content (AvgIpc) is 3.64. The van der Waals surface area contributed by atoms with Gasteiger partial charge in [0.05, 0.1) is 55.2 Å². The zero-order valence-corrected chi connectivity index (χ0v) is 32.8. The van der Waals surface area contributed by atoms with Crippen molar-refractivity contribution >= 4 is 174 Å². The van der Waals surface area contributed by atoms with Crippen LogP contribution < -0.4 is 9.80 Å². The maximum absolute atomic E-state index is 13.7. The summed E-state index contributed by atoms with van der Waals surface area (Å²) in [6, 6.07) is 13.4. The topological polar surface area (TPSA) is 74.8 Å². The predicted molar refractivity (Wildman–Crippen MR) is 195 cm³/mol. The first-order valence-electron chi connectivity index (χ1n) is 14.3. The molecule has 0 spiro atoms. The van der Waals surface area contributed by atoms with E-state index in [4.69, 9.17) is 139 Å². The van der Waals surface area contributed by atoms with Crippen LogP contribution in [0.3, 0.4) is 0 Å². The molecule has 256 valence electrons. The van der Waals surface area contributed by atoms with E-state index in [1.54, 1.807) is 48.5 Å². The van der Waals surface area contributed by atoms with Gasteiger partial charge in [-0.2, -0.15) is 0 Å². The second-order valence-electron chi connectivity index (χ2n) is 12.7. The number of rotatable bonds is 4. The highest BCUT2D eigenvalue weighted by Crippen LogP contribution is 2.79. The van der Waals surface area contributed by atoms with E-state index >= 15 is 0 Å². The fraction of sp³-hybridized carbons (Fsp3) is 0.355. The number of amides is 4. The van der Waals surface area contributed by atoms with Gasteiger partial charge >= 0.3 is 0 Å². The van der Waals surface area contributed by atoms with Gasteiger partial charge in [-0.05, 0) is 41.8 Å². The molecule has 4 bridgehead atoms. The Morgan fingerprint density at radius 3 is 0.878 bits per heavy atom. The van der Waals surface area contributed by atoms with E-state index in [2.05, 4.69) is 0 Å². The molecule has 6 nitrogen and oxygen atoms in total. The number of hydrogen-bond acceptors (Lipinski definition) is 4. The highest BCUT2D eigenvalue weighted by Gasteiger charge is 2.89. The molecule has 2 aromatic carbocycles. The van der Waals surface area contributed by atoms with Crippen molar-refractivity contribution in [2.45, 2.75) is 34.6 Å². The molecule has 2 saturated carbocycles. The minimum Gasteiger partial charge on any atom is -0.274 e. The number of imide groups is 2. The third-order valence-electron chi connectivity index (χ3n) is 10.6. The van der Waals surface area contributed by atoms with Gasteiger partial charge in [0.1, 0.15) is 19.5 Å². The molecule has 8 rings (SSSR count). The number of halogens is 12. The number of benzene rings is 2. The lowest BCUT2D eigenvalue weighted by molar-refractivity contribution is -0.124. The molecule has 49 heavy (non-hydrogen) atoms. The quantitative estimate of drug-likeness (QED) is 0.227. The van der Waals surface area contributed by atoms with Crippen molar-refractivity contribution in [3.05, 3.63) is 79.8 Å². The van der Waals surface area contributed by atoms with E-state index in [1.165, 1.54) is 0 Å². The van der Waals surface area contributed by atoms with Gasteiger partial charge in [-0.1, -0.05) is 117 Å². The smallest absolute Gasteiger partial charge is 0.240 e. The van der Waals surface area contributed by atoms with Crippen molar-refractivity contribution in [1.29, 1.82) is 0 Å². The first-order chi connectivity index (χ1) is 22.7. The SMILES string of the molecule is O=C1[C@@H]2[C@H](C(=O)N1c1ccc(Cc3ccc(N4C(=O)[C@H]5[C@H](C4=O)[C@@]4(Cl)C(Cl)=C(Cl)[C@@]5(Cl)C4(Cl)Cl)cc3)cc1)[C@@]1(Cl)C(Cl)=C(Cl)[C@@]2(Cl)C1(Cl)Cl. The Kier molecular flexibility index (Phi) is 7.77. The lowest BCUT2D eigenvalue weighted by Gasteiger charge is -2.34. The predicted octanol–water partition coefficient (Wildman–Crippen LogP) is 9.18. The number of nitrogens with zero attached hydrogens (tertiary/aromatic N) is 2. The second kappa shape index (κ2) is 10.7. The number of fused-ring (bicyclic) bond motifs is 10. The van der Waals surface area contributed by atoms with Gasteiger partial charge in [-0.15, -0.1) is 46.4 Å². The summed E-state index contributed by atoms with van der Waals surface area (Å²) in [6.07, 6.45) is 0.415. The Labute approximate surface area is 338 Å². The molecule has 0 aromatic heterocycles. The number of carbonyl (C=O) groups is 4. The minimum absolute atomic E-state index is 0.167. The molecule has 0 radical (unpaired) electrons. The summed E-state index contributed by atoms with van der Waals surface area (Å²) in [4.78, 5) is 49.0. The van der Waals surface area contributed by atoms with Crippen molar-refractivity contribution in [3.8, 4) is 0 Å². The summed E-state index contributed by atoms with van der Waals surface area (Å²) in [5.41, 5.74) is 2.18. The first kappa shape index (κ1) is 35.7. The monoisotopic (exact) mass is 898 g/mol. The molecule has 6 aliphatic rings. The molecule has 4 amide bonds. The molecule has 2 aromatic rings. The number of carbonyl (C=O) groups excluding carboxylic acids is 4. The molecule has 2 saturated heterocycles. The number of anilines is 2. The normalized spacial score (nSPS) is 39.7. The van der Waals surface area contributed by atoms with Crippen LogP contribution >= 0.6 is 139 Å². The Bertz CT molecular complexity index is 1800. The van der Waals surface area contributed by atoms with E-state index < -0.39 is 75.5 Å². The van der Waals surface area contributed by atoms with Crippen LogP contribution in [0.15, 0.2) is 68.7 Å². The largest absolute Gasteiger partial charge is 0.274 e. The molecular weight excluding hydrogens is 890 g/mol. The van der Waals surface area contributed by atoms with E-state index in [0.717, 1.165) is 20.9 Å². The van der Waals surface area contributed by atoms with Crippen LogP contribution in [0.25, 0.3) is 0 Å². The van der Waals surface area contributed by atoms with Gasteiger partial charge in [-0.3, -0.25) is 19.2 Å². The van der Waals surface area contributed by atoms with Gasteiger partial charge < -0.3 is 0 Å². The van der Waals surface area contributed by atoms with Gasteiger partial charge in [-0.25, -0.2) is 9.80 Å². The van der Waals surface area contributed by atoms with E-state index in [1.807, 2.05) is 0 Å². The lowest BCUT2D eigenvalue weighted by Crippen LogP contribution is -2.50. The molecule has 8 atom stereocenters. The summed E-state index contributed by atoms with van der Waals surface area (Å²) in [7, 11) is 0. The van der Waals surface area contributed by atoms with E-state index in [0.29, 0.717) is 6.42 Å². The minimum atomic E-state index is -2.02. The summed E-state index contributed by atoms with van der Waals surface area (Å²) in [5.74, 6) is -7.60. The molecule has 18 heteroatoms. The van der Waals surface area contributed by atoms with Crippen molar-refractivity contribution < 1.29 is 19.2 Å². The Hall–Kier alpha value is -0.320. The first-order valence-corrected chi connectivity index (χ1v) is 18.8. The maximum atomic E-state index is 13.7. The van der Waals surface area contributed by atoms with Gasteiger partial charge in [0, 0.05) is 0 Å². The van der Waals surface area contributed by atoms with E-state index in [9.17, 15) is 19.2 Å². The number of hydrogen-bond donors (Lipinski definition) is 0. The lowest BCUT2D eigenvalue weighted by atomic mass is 9.84. The third-order valence-corrected chi connectivity index (χ3v) is 19.1. The Balaban J connectivity index is 1.01. The molecular formula is C31H14Cl12N2O4. The van der Waals surface area contributed by atoms with Crippen LogP contribution in [0.1, 0.15) is 11.1 Å². The van der Waals surface area contributed by atoms with Gasteiger partial charge in [0.25, 0.3) is 0 Å². The van der Waals surface area contributed by atoms with Crippen LogP contribution in [0.5, 0.6) is 0 Å². The summed E-state index contributed by atoms with van der Waals surface area (Å²) >= 11 is 79.0. The number of alkyl halides is 8. The highest BCUT2D eigenvalue weighted by atomic mass is 35.5. The Morgan fingerprint density at radius 1 is 0.429 bits per heavy atom. The summed E-state index contributed by atoms with van der Waals surface area (Å²) in [6.45, 7) is 0. The number of allylic oxidation sites excluding steroid dienone is 4. The fourth-order valence-electron chi connectivity index (χ4n) is 8.26. The zero-order chi connectivity index (χ0) is 35.8. The van der Waals surface area contributed by atoms with Crippen LogP contribution in [-0.2, 0) is 25.6 Å². The standard InChI is InChI=1S/C31H14Cl12N2O4/c32-18-19(33)27(37)15-14(26(18,36)30(27,40)41)22(46)44(23(15)47)12-5-1-10(2-6-12)9-11-3-7-13(8-4-11)45-24(48)16-17(25(45)49)29(39)21(35)20(34)28(16,38)31(29,42)43/h1-8,14-17H,9H2/t14-,15-,16-,17+,26-,27-,28-,29-/m1/s1. The average molecular weight is 904 g/mol. The van der Waals surface area contributed by atoms with Crippen LogP contribution in [0, 0.1) is 23.7 Å². The third kappa shape index (κ3) is 3.71. The van der Waals surface area contributed by atoms with Crippen molar-refractivity contribution in [3.63, 3.8) is 0 Å². The Morgan fingerprint density at radius 2 is 0.653 bits per heavy atom. The second-order valence-corrected chi connectivity index (χ2v) is 19.2. The molecule has 4 fully saturated rings. The van der Waals surface area contributed by atoms with Crippen molar-refractivity contribution in [2.24, 2.45) is 23.7 Å². The van der Waals surface area contributed by atoms with Crippen LogP contribution in [0.2, 0.25) is 0 Å². The van der Waals surface area contributed by atoms with Crippen molar-refractivity contribution in [2.75, 3.05) is 9.80 Å². The summed E-state index contributed by atoms with van der Waals surface area (Å²) in [5, 5.41) is -0.670. The maximum Gasteiger partial charge on any atom is 0.240 e. The summed E-state index contributed by atoms with van der Waals surface area (Å²) < 4.78 is -4.04. The molecule has 2 aliphatic heterocycles. The van der Waals surface area contributed by atoms with Gasteiger partial charge in [0.2, 0.25) is 23.6 Å². The van der Waals surface area contributed by atoms with Gasteiger partial charge in [0.15, 0.2) is 8.67 Å². The van der Waals surface area contributed by atoms with Crippen molar-refractivity contribution in [1.82, 2.24) is 0 Å². The zero-order valence-electron chi connectivity index (χ0n) is 23.7. The fourth-order valence-corrected chi connectivity index (χ4v) is 14.1. The van der Waals surface area contributed by atoms with Crippen LogP contribution in [0.4, 0.5) is 11.4 Å². The molecule has 0 unspecified atom stereocenters. The molecule has 0 N–H and O–H groups in total. The van der Waals surface area contributed by atoms with E-state index in [-0.39, 0.29) is 31.5 Å². The molecule has 4 aliphatic carbocycles. The molecule has 2 heterocycles.